The van der Waals surface area contributed by atoms with Gasteiger partial charge in [-0.3, -0.25) is 9.59 Å². The number of alkyl halides is 3. The Hall–Kier alpha value is -3.07. The number of amides is 1. The van der Waals surface area contributed by atoms with E-state index in [1.165, 1.54) is 0 Å². The third-order valence-corrected chi connectivity index (χ3v) is 7.63. The molecule has 1 aromatic carbocycles. The summed E-state index contributed by atoms with van der Waals surface area (Å²) in [5, 5.41) is 5.62. The largest absolute Gasteiger partial charge is 0.401 e. The van der Waals surface area contributed by atoms with E-state index in [2.05, 4.69) is 39.6 Å². The van der Waals surface area contributed by atoms with Crippen molar-refractivity contribution in [3.8, 4) is 0 Å². The number of aryl methyl sites for hydroxylation is 2. The van der Waals surface area contributed by atoms with Crippen LogP contribution in [0.15, 0.2) is 41.2 Å². The first kappa shape index (κ1) is 28.0. The van der Waals surface area contributed by atoms with Gasteiger partial charge in [0, 0.05) is 47.7 Å². The van der Waals surface area contributed by atoms with Gasteiger partial charge in [-0.1, -0.05) is 18.2 Å². The number of allylic oxidation sites excluding steroid dienone is 2. The van der Waals surface area contributed by atoms with Crippen molar-refractivity contribution in [2.24, 2.45) is 0 Å². The molecule has 1 aliphatic carbocycles. The standard InChI is InChI=1S/C29H37F3N4O2/c1-3-36(22-14-12-21(13-15-22)34-18-29(30,31)32)26-11-7-10-24-23(26)9-6-4-5-8-20-16-19(2)35-28(38)25(20)17-33-27(24)37/h4,6-7,10-11,16,21-22,34H,3,5,8-9,12-15,17-18H2,1-2H3,(H,33,37)(H,35,38)/t21-,22-. The molecule has 9 heteroatoms. The van der Waals surface area contributed by atoms with Gasteiger partial charge in [0.1, 0.15) is 0 Å². The number of benzene rings is 1. The molecule has 0 unspecified atom stereocenters. The topological polar surface area (TPSA) is 77.2 Å². The molecule has 1 aromatic heterocycles. The summed E-state index contributed by atoms with van der Waals surface area (Å²) >= 11 is 0. The molecule has 0 atom stereocenters. The molecule has 1 aliphatic heterocycles. The molecular formula is C29H37F3N4O2. The van der Waals surface area contributed by atoms with Gasteiger partial charge in [-0.2, -0.15) is 13.2 Å². The fourth-order valence-electron chi connectivity index (χ4n) is 5.77. The summed E-state index contributed by atoms with van der Waals surface area (Å²) < 4.78 is 37.9. The van der Waals surface area contributed by atoms with Gasteiger partial charge in [0.25, 0.3) is 11.5 Å². The van der Waals surface area contributed by atoms with Gasteiger partial charge in [-0.25, -0.2) is 0 Å². The van der Waals surface area contributed by atoms with Crippen molar-refractivity contribution in [3.63, 3.8) is 0 Å². The van der Waals surface area contributed by atoms with Crippen LogP contribution in [-0.2, 0) is 19.4 Å². The van der Waals surface area contributed by atoms with E-state index >= 15 is 0 Å². The number of anilines is 1. The third-order valence-electron chi connectivity index (χ3n) is 7.63. The number of fused-ring (bicyclic) bond motifs is 2. The Morgan fingerprint density at radius 3 is 2.55 bits per heavy atom. The molecule has 1 fully saturated rings. The molecule has 2 heterocycles. The van der Waals surface area contributed by atoms with E-state index in [4.69, 9.17) is 0 Å². The molecular weight excluding hydrogens is 493 g/mol. The molecule has 0 radical (unpaired) electrons. The van der Waals surface area contributed by atoms with E-state index in [0.717, 1.165) is 48.3 Å². The summed E-state index contributed by atoms with van der Waals surface area (Å²) in [5.74, 6) is -0.224. The van der Waals surface area contributed by atoms with Crippen LogP contribution in [0.3, 0.4) is 0 Å². The van der Waals surface area contributed by atoms with Gasteiger partial charge in [-0.15, -0.1) is 0 Å². The van der Waals surface area contributed by atoms with Crippen LogP contribution in [-0.4, -0.2) is 42.2 Å². The van der Waals surface area contributed by atoms with E-state index in [0.29, 0.717) is 36.8 Å². The molecule has 0 saturated heterocycles. The lowest BCUT2D eigenvalue weighted by atomic mass is 9.89. The molecule has 1 amide bonds. The quantitative estimate of drug-likeness (QED) is 0.479. The number of carbonyl (C=O) groups is 1. The number of halogens is 3. The number of carbonyl (C=O) groups excluding carboxylic acids is 1. The predicted octanol–water partition coefficient (Wildman–Crippen LogP) is 4.95. The Morgan fingerprint density at radius 1 is 1.08 bits per heavy atom. The first-order valence-corrected chi connectivity index (χ1v) is 13.5. The van der Waals surface area contributed by atoms with Crippen LogP contribution in [0.1, 0.15) is 71.8 Å². The molecule has 2 aliphatic rings. The first-order valence-electron chi connectivity index (χ1n) is 13.5. The number of aromatic amines is 1. The van der Waals surface area contributed by atoms with Crippen molar-refractivity contribution in [1.82, 2.24) is 15.6 Å². The van der Waals surface area contributed by atoms with Crippen molar-refractivity contribution < 1.29 is 18.0 Å². The van der Waals surface area contributed by atoms with Crippen LogP contribution in [0, 0.1) is 6.92 Å². The molecule has 38 heavy (non-hydrogen) atoms. The number of hydrogen-bond acceptors (Lipinski definition) is 4. The molecule has 2 aromatic rings. The number of hydrogen-bond donors (Lipinski definition) is 3. The molecule has 4 rings (SSSR count). The van der Waals surface area contributed by atoms with Crippen molar-refractivity contribution in [2.45, 2.75) is 83.6 Å². The number of pyridine rings is 1. The number of rotatable bonds is 5. The predicted molar refractivity (Wildman–Crippen MR) is 144 cm³/mol. The zero-order chi connectivity index (χ0) is 27.3. The lowest BCUT2D eigenvalue weighted by molar-refractivity contribution is -0.126. The molecule has 1 saturated carbocycles. The molecule has 6 nitrogen and oxygen atoms in total. The van der Waals surface area contributed by atoms with Gasteiger partial charge in [0.15, 0.2) is 0 Å². The van der Waals surface area contributed by atoms with Gasteiger partial charge in [0.05, 0.1) is 6.54 Å². The Bertz CT molecular complexity index is 1210. The Morgan fingerprint density at radius 2 is 1.84 bits per heavy atom. The highest BCUT2D eigenvalue weighted by molar-refractivity contribution is 5.97. The lowest BCUT2D eigenvalue weighted by Gasteiger charge is -2.39. The normalized spacial score (nSPS) is 20.5. The average molecular weight is 531 g/mol. The van der Waals surface area contributed by atoms with Crippen LogP contribution in [0.5, 0.6) is 0 Å². The SMILES string of the molecule is CCN(c1cccc2c1CC=CCCc1cc(C)[nH]c(=O)c1CNC2=O)[C@H]1CC[C@H](NCC(F)(F)F)CC1. The van der Waals surface area contributed by atoms with Gasteiger partial charge in [0.2, 0.25) is 0 Å². The minimum atomic E-state index is -4.20. The zero-order valence-electron chi connectivity index (χ0n) is 22.1. The van der Waals surface area contributed by atoms with E-state index in [1.807, 2.05) is 31.2 Å². The fourth-order valence-corrected chi connectivity index (χ4v) is 5.77. The third kappa shape index (κ3) is 6.87. The molecule has 3 N–H and O–H groups in total. The number of H-pyrrole nitrogens is 1. The molecule has 0 bridgehead atoms. The van der Waals surface area contributed by atoms with Crippen LogP contribution in [0.4, 0.5) is 18.9 Å². The Balaban J connectivity index is 1.56. The average Bonchev–Trinajstić information content (AvgIpc) is 2.87. The second kappa shape index (κ2) is 12.2. The summed E-state index contributed by atoms with van der Waals surface area (Å²) in [6, 6.07) is 7.77. The van der Waals surface area contributed by atoms with E-state index < -0.39 is 12.7 Å². The van der Waals surface area contributed by atoms with Crippen molar-refractivity contribution in [1.29, 1.82) is 0 Å². The first-order chi connectivity index (χ1) is 18.2. The number of aromatic nitrogens is 1. The van der Waals surface area contributed by atoms with E-state index in [1.54, 1.807) is 0 Å². The van der Waals surface area contributed by atoms with E-state index in [9.17, 15) is 22.8 Å². The minimum Gasteiger partial charge on any atom is -0.369 e. The molecule has 0 spiro atoms. The highest BCUT2D eigenvalue weighted by Gasteiger charge is 2.31. The number of nitrogens with zero attached hydrogens (tertiary/aromatic N) is 1. The maximum atomic E-state index is 13.4. The minimum absolute atomic E-state index is 0.133. The zero-order valence-corrected chi connectivity index (χ0v) is 22.1. The summed E-state index contributed by atoms with van der Waals surface area (Å²) in [7, 11) is 0. The highest BCUT2D eigenvalue weighted by atomic mass is 19.4. The van der Waals surface area contributed by atoms with Gasteiger partial charge >= 0.3 is 6.18 Å². The maximum absolute atomic E-state index is 13.4. The van der Waals surface area contributed by atoms with E-state index in [-0.39, 0.29) is 30.1 Å². The van der Waals surface area contributed by atoms with Crippen molar-refractivity contribution in [2.75, 3.05) is 18.0 Å². The van der Waals surface area contributed by atoms with Crippen LogP contribution in [0.2, 0.25) is 0 Å². The summed E-state index contributed by atoms with van der Waals surface area (Å²) in [5.41, 5.74) is 4.66. The molecule has 206 valence electrons. The fraction of sp³-hybridized carbons (Fsp3) is 0.517. The second-order valence-corrected chi connectivity index (χ2v) is 10.3. The van der Waals surface area contributed by atoms with Gasteiger partial charge in [-0.05, 0) is 88.1 Å². The maximum Gasteiger partial charge on any atom is 0.401 e. The monoisotopic (exact) mass is 530 g/mol. The lowest BCUT2D eigenvalue weighted by Crippen LogP contribution is -2.45. The summed E-state index contributed by atoms with van der Waals surface area (Å²) in [6.07, 6.45) is 5.02. The Kier molecular flexibility index (Phi) is 8.97. The second-order valence-electron chi connectivity index (χ2n) is 10.3. The van der Waals surface area contributed by atoms with Crippen LogP contribution >= 0.6 is 0 Å². The van der Waals surface area contributed by atoms with Crippen molar-refractivity contribution in [3.05, 3.63) is 74.7 Å². The summed E-state index contributed by atoms with van der Waals surface area (Å²) in [6.45, 7) is 3.86. The van der Waals surface area contributed by atoms with Crippen molar-refractivity contribution >= 4 is 11.6 Å². The smallest absolute Gasteiger partial charge is 0.369 e. The highest BCUT2D eigenvalue weighted by Crippen LogP contribution is 2.32. The number of nitrogens with one attached hydrogen (secondary N) is 3. The van der Waals surface area contributed by atoms with Crippen LogP contribution < -0.4 is 21.1 Å². The summed E-state index contributed by atoms with van der Waals surface area (Å²) in [4.78, 5) is 31.2. The van der Waals surface area contributed by atoms with Crippen LogP contribution in [0.25, 0.3) is 0 Å². The van der Waals surface area contributed by atoms with Gasteiger partial charge < -0.3 is 20.5 Å². The Labute approximate surface area is 221 Å².